The maximum Gasteiger partial charge on any atom is 0.170 e. The zero-order chi connectivity index (χ0) is 14.6. The summed E-state index contributed by atoms with van der Waals surface area (Å²) in [6, 6.07) is 4.07. The lowest BCUT2D eigenvalue weighted by atomic mass is 9.69. The van der Waals surface area contributed by atoms with E-state index in [9.17, 15) is 5.11 Å². The van der Waals surface area contributed by atoms with Crippen molar-refractivity contribution in [1.29, 1.82) is 0 Å². The smallest absolute Gasteiger partial charge is 0.170 e. The van der Waals surface area contributed by atoms with E-state index in [1.807, 2.05) is 12.1 Å². The van der Waals surface area contributed by atoms with Crippen molar-refractivity contribution in [2.45, 2.75) is 30.5 Å². The van der Waals surface area contributed by atoms with Gasteiger partial charge in [0.15, 0.2) is 17.7 Å². The first-order valence-corrected chi connectivity index (χ1v) is 7.45. The van der Waals surface area contributed by atoms with E-state index in [0.29, 0.717) is 6.42 Å². The molecule has 1 aliphatic carbocycles. The van der Waals surface area contributed by atoms with Gasteiger partial charge in [-0.2, -0.15) is 0 Å². The number of nitrogens with zero attached hydrogens (tertiary/aromatic N) is 1. The van der Waals surface area contributed by atoms with E-state index in [4.69, 9.17) is 9.47 Å². The molecule has 0 aromatic heterocycles. The molecule has 118 valence electrons. The average Bonchev–Trinajstić information content (AvgIpc) is 2.72. The van der Waals surface area contributed by atoms with Crippen LogP contribution < -0.4 is 26.5 Å². The van der Waals surface area contributed by atoms with Crippen LogP contribution in [0, 0.1) is 0 Å². The molecule has 5 heteroatoms. The number of methoxy groups -OCH3 is 1. The second-order valence-corrected chi connectivity index (χ2v) is 6.23. The van der Waals surface area contributed by atoms with Crippen molar-refractivity contribution in [1.82, 2.24) is 0 Å². The molecule has 3 aliphatic rings. The van der Waals surface area contributed by atoms with Gasteiger partial charge >= 0.3 is 0 Å². The van der Waals surface area contributed by atoms with Crippen LogP contribution in [0.3, 0.4) is 0 Å². The SMILES string of the molecule is COc1ccc2c3c1O[C@@H]1C[C@@H](O)C=C[C@]31CC[N+](C)=C2.[Br-]. The van der Waals surface area contributed by atoms with Gasteiger partial charge in [-0.3, -0.25) is 0 Å². The Bertz CT molecular complexity index is 670. The van der Waals surface area contributed by atoms with E-state index in [0.717, 1.165) is 24.5 Å². The van der Waals surface area contributed by atoms with Crippen molar-refractivity contribution in [2.75, 3.05) is 20.7 Å². The normalized spacial score (nSPS) is 31.1. The van der Waals surface area contributed by atoms with E-state index in [1.165, 1.54) is 11.1 Å². The molecule has 4 nitrogen and oxygen atoms in total. The number of aliphatic hydroxyl groups is 1. The fourth-order valence-corrected chi connectivity index (χ4v) is 3.92. The van der Waals surface area contributed by atoms with E-state index in [1.54, 1.807) is 7.11 Å². The fraction of sp³-hybridized carbons (Fsp3) is 0.471. The maximum absolute atomic E-state index is 9.97. The van der Waals surface area contributed by atoms with Crippen molar-refractivity contribution in [3.05, 3.63) is 35.4 Å². The minimum Gasteiger partial charge on any atom is -1.00 e. The van der Waals surface area contributed by atoms with Crippen LogP contribution >= 0.6 is 0 Å². The first-order valence-electron chi connectivity index (χ1n) is 7.45. The van der Waals surface area contributed by atoms with Gasteiger partial charge in [-0.25, -0.2) is 4.58 Å². The summed E-state index contributed by atoms with van der Waals surface area (Å²) in [7, 11) is 3.78. The molecule has 0 saturated heterocycles. The van der Waals surface area contributed by atoms with E-state index in [-0.39, 0.29) is 28.5 Å². The summed E-state index contributed by atoms with van der Waals surface area (Å²) in [5.74, 6) is 1.63. The van der Waals surface area contributed by atoms with E-state index >= 15 is 0 Å². The van der Waals surface area contributed by atoms with Crippen molar-refractivity contribution in [2.24, 2.45) is 0 Å². The van der Waals surface area contributed by atoms with E-state index in [2.05, 4.69) is 30.0 Å². The fourth-order valence-electron chi connectivity index (χ4n) is 3.92. The van der Waals surface area contributed by atoms with Gasteiger partial charge in [-0.15, -0.1) is 0 Å². The third-order valence-corrected chi connectivity index (χ3v) is 4.98. The molecular weight excluding hydrogens is 346 g/mol. The summed E-state index contributed by atoms with van der Waals surface area (Å²) >= 11 is 0. The van der Waals surface area contributed by atoms with Crippen LogP contribution in [0.25, 0.3) is 0 Å². The number of ether oxygens (including phenoxy) is 2. The lowest BCUT2D eigenvalue weighted by Crippen LogP contribution is -3.00. The van der Waals surface area contributed by atoms with E-state index < -0.39 is 6.10 Å². The van der Waals surface area contributed by atoms with Crippen LogP contribution in [-0.4, -0.2) is 48.8 Å². The Labute approximate surface area is 140 Å². The highest BCUT2D eigenvalue weighted by Crippen LogP contribution is 2.54. The molecule has 2 heterocycles. The zero-order valence-electron chi connectivity index (χ0n) is 12.8. The molecule has 1 aromatic rings. The highest BCUT2D eigenvalue weighted by Gasteiger charge is 2.53. The number of rotatable bonds is 1. The lowest BCUT2D eigenvalue weighted by molar-refractivity contribution is -0.493. The molecular formula is C17H20BrNO3. The summed E-state index contributed by atoms with van der Waals surface area (Å²) in [6.07, 6.45) is 7.45. The summed E-state index contributed by atoms with van der Waals surface area (Å²) in [5.41, 5.74) is 2.27. The first kappa shape index (κ1) is 15.6. The van der Waals surface area contributed by atoms with Gasteiger partial charge in [-0.1, -0.05) is 12.2 Å². The van der Waals surface area contributed by atoms with Crippen molar-refractivity contribution in [3.63, 3.8) is 0 Å². The predicted molar refractivity (Wildman–Crippen MR) is 79.7 cm³/mol. The summed E-state index contributed by atoms with van der Waals surface area (Å²) < 4.78 is 13.9. The third kappa shape index (κ3) is 2.02. The van der Waals surface area contributed by atoms with Crippen molar-refractivity contribution in [3.8, 4) is 11.5 Å². The molecule has 1 aromatic carbocycles. The molecule has 1 spiro atoms. The molecule has 1 N–H and O–H groups in total. The Balaban J connectivity index is 0.00000144. The second kappa shape index (κ2) is 5.39. The maximum atomic E-state index is 9.97. The van der Waals surface area contributed by atoms with Gasteiger partial charge in [0.25, 0.3) is 0 Å². The molecule has 22 heavy (non-hydrogen) atoms. The van der Waals surface area contributed by atoms with Gasteiger partial charge in [0.05, 0.1) is 18.6 Å². The zero-order valence-corrected chi connectivity index (χ0v) is 14.3. The van der Waals surface area contributed by atoms with Gasteiger partial charge in [-0.05, 0) is 12.1 Å². The lowest BCUT2D eigenvalue weighted by Gasteiger charge is -2.34. The standard InChI is InChI=1S/C17H20NO3.BrH/c1-18-8-7-17-6-5-12(19)9-14(17)21-16-13(20-2)4-3-11(10-18)15(16)17;/h3-6,10,12,14,19H,7-9H2,1-2H3;1H/q+1;/p-1/t12-,14+,17+;/m0./s1. The molecule has 0 fully saturated rings. The van der Waals surface area contributed by atoms with Crippen molar-refractivity contribution >= 4 is 6.21 Å². The largest absolute Gasteiger partial charge is 1.00 e. The minimum absolute atomic E-state index is 0. The van der Waals surface area contributed by atoms with Gasteiger partial charge in [0.2, 0.25) is 0 Å². The number of halogens is 1. The molecule has 0 saturated carbocycles. The summed E-state index contributed by atoms with van der Waals surface area (Å²) in [4.78, 5) is 0. The van der Waals surface area contributed by atoms with Gasteiger partial charge in [0.1, 0.15) is 19.7 Å². The topological polar surface area (TPSA) is 41.7 Å². The summed E-state index contributed by atoms with van der Waals surface area (Å²) in [6.45, 7) is 0.969. The quantitative estimate of drug-likeness (QED) is 0.485. The van der Waals surface area contributed by atoms with Gasteiger partial charge in [0, 0.05) is 24.0 Å². The second-order valence-electron chi connectivity index (χ2n) is 6.23. The monoisotopic (exact) mass is 365 g/mol. The molecule has 2 aliphatic heterocycles. The first-order chi connectivity index (χ1) is 10.1. The Morgan fingerprint density at radius 3 is 3.00 bits per heavy atom. The number of hydrogen-bond donors (Lipinski definition) is 1. The Morgan fingerprint density at radius 2 is 2.23 bits per heavy atom. The van der Waals surface area contributed by atoms with Crippen LogP contribution in [0.5, 0.6) is 11.5 Å². The predicted octanol–water partition coefficient (Wildman–Crippen LogP) is -1.52. The van der Waals surface area contributed by atoms with Crippen LogP contribution in [0.4, 0.5) is 0 Å². The van der Waals surface area contributed by atoms with Crippen LogP contribution in [-0.2, 0) is 5.41 Å². The number of hydrogen-bond acceptors (Lipinski definition) is 3. The minimum atomic E-state index is -0.422. The average molecular weight is 366 g/mol. The molecule has 0 bridgehead atoms. The Morgan fingerprint density at radius 1 is 1.41 bits per heavy atom. The third-order valence-electron chi connectivity index (χ3n) is 4.98. The molecule has 4 rings (SSSR count). The number of aliphatic hydroxyl groups excluding tert-OH is 1. The van der Waals surface area contributed by atoms with Crippen LogP contribution in [0.15, 0.2) is 24.3 Å². The summed E-state index contributed by atoms with van der Waals surface area (Å²) in [5, 5.41) is 9.97. The molecule has 0 amide bonds. The highest BCUT2D eigenvalue weighted by atomic mass is 79.9. The molecule has 0 unspecified atom stereocenters. The Hall–Kier alpha value is -1.33. The Kier molecular flexibility index (Phi) is 3.81. The van der Waals surface area contributed by atoms with Crippen LogP contribution in [0.1, 0.15) is 24.0 Å². The van der Waals surface area contributed by atoms with Crippen molar-refractivity contribution < 1.29 is 36.1 Å². The van der Waals surface area contributed by atoms with Gasteiger partial charge < -0.3 is 31.6 Å². The molecule has 3 atom stereocenters. The molecule has 0 radical (unpaired) electrons. The number of benzene rings is 1. The van der Waals surface area contributed by atoms with Crippen LogP contribution in [0.2, 0.25) is 0 Å². The highest BCUT2D eigenvalue weighted by molar-refractivity contribution is 5.83.